The van der Waals surface area contributed by atoms with E-state index >= 15 is 0 Å². The third-order valence-electron chi connectivity index (χ3n) is 0.999. The van der Waals surface area contributed by atoms with Crippen LogP contribution in [0.25, 0.3) is 0 Å². The third kappa shape index (κ3) is 1.78. The number of benzene rings is 1. The molecule has 0 saturated carbocycles. The summed E-state index contributed by atoms with van der Waals surface area (Å²) in [5.41, 5.74) is 3.19. The Labute approximate surface area is 58.6 Å². The fourth-order valence-electron chi connectivity index (χ4n) is 0.598. The minimum atomic E-state index is 0.340. The molecule has 0 saturated heterocycles. The molecular weight excluding hydrogens is 130 g/mol. The minimum Gasteiger partial charge on any atom is -0.167 e. The highest BCUT2D eigenvalue weighted by atomic mass is 16.7. The van der Waals surface area contributed by atoms with Crippen molar-refractivity contribution in [3.05, 3.63) is 30.3 Å². The molecule has 0 unspecified atom stereocenters. The maximum absolute atomic E-state index is 9.69. The van der Waals surface area contributed by atoms with Gasteiger partial charge in [-0.2, -0.15) is 4.84 Å². The van der Waals surface area contributed by atoms with Gasteiger partial charge in [0, 0.05) is 4.79 Å². The molecule has 1 aromatic carbocycles. The number of carbonyl (C=O) groups excluding carboxylic acids is 1. The quantitative estimate of drug-likeness (QED) is 0.386. The van der Waals surface area contributed by atoms with Gasteiger partial charge in [0.05, 0.1) is 5.69 Å². The second kappa shape index (κ2) is 3.50. The van der Waals surface area contributed by atoms with Gasteiger partial charge in [-0.25, -0.2) is 0 Å². The van der Waals surface area contributed by atoms with E-state index in [-0.39, 0.29) is 0 Å². The number of anilines is 1. The van der Waals surface area contributed by atoms with Crippen LogP contribution in [0.1, 0.15) is 0 Å². The van der Waals surface area contributed by atoms with E-state index in [0.717, 1.165) is 5.69 Å². The molecule has 3 nitrogen and oxygen atoms in total. The highest BCUT2D eigenvalue weighted by molar-refractivity contribution is 5.45. The second-order valence-corrected chi connectivity index (χ2v) is 1.68. The fraction of sp³-hybridized carbons (Fsp3) is 0. The zero-order valence-electron chi connectivity index (χ0n) is 5.28. The van der Waals surface area contributed by atoms with Gasteiger partial charge in [0.25, 0.3) is 0 Å². The van der Waals surface area contributed by atoms with Crippen molar-refractivity contribution in [2.45, 2.75) is 0 Å². The fourth-order valence-corrected chi connectivity index (χ4v) is 0.598. The lowest BCUT2D eigenvalue weighted by atomic mass is 10.3. The maximum atomic E-state index is 9.69. The monoisotopic (exact) mass is 137 g/mol. The summed E-state index contributed by atoms with van der Waals surface area (Å²) in [6, 6.07) is 9.16. The van der Waals surface area contributed by atoms with Crippen LogP contribution < -0.4 is 5.48 Å². The van der Waals surface area contributed by atoms with Gasteiger partial charge in [-0.05, 0) is 12.1 Å². The van der Waals surface area contributed by atoms with Gasteiger partial charge in [-0.3, -0.25) is 0 Å². The highest BCUT2D eigenvalue weighted by Crippen LogP contribution is 2.03. The number of nitrogens with one attached hydrogen (secondary N) is 1. The second-order valence-electron chi connectivity index (χ2n) is 1.68. The van der Waals surface area contributed by atoms with Crippen LogP contribution in [0.15, 0.2) is 30.3 Å². The Morgan fingerprint density at radius 3 is 2.60 bits per heavy atom. The van der Waals surface area contributed by atoms with Gasteiger partial charge in [-0.1, -0.05) is 18.2 Å². The minimum absolute atomic E-state index is 0.340. The Bertz CT molecular complexity index is 198. The molecule has 0 atom stereocenters. The van der Waals surface area contributed by atoms with Crippen LogP contribution in [0.4, 0.5) is 5.69 Å². The number of hydrogen-bond acceptors (Lipinski definition) is 3. The van der Waals surface area contributed by atoms with Gasteiger partial charge in [0.1, 0.15) is 0 Å². The molecule has 0 amide bonds. The molecule has 3 heteroatoms. The molecule has 1 radical (unpaired) electrons. The van der Waals surface area contributed by atoms with Crippen molar-refractivity contribution in [2.75, 3.05) is 5.48 Å². The van der Waals surface area contributed by atoms with Gasteiger partial charge in [-0.15, -0.1) is 5.48 Å². The predicted octanol–water partition coefficient (Wildman–Crippen LogP) is 1.19. The zero-order valence-corrected chi connectivity index (χ0v) is 5.28. The Hall–Kier alpha value is -1.51. The molecule has 0 bridgehead atoms. The summed E-state index contributed by atoms with van der Waals surface area (Å²) in [6.07, 6.45) is 0. The van der Waals surface area contributed by atoms with Crippen molar-refractivity contribution in [1.82, 2.24) is 0 Å². The van der Waals surface area contributed by atoms with E-state index in [2.05, 4.69) is 10.3 Å². The predicted molar refractivity (Wildman–Crippen MR) is 37.2 cm³/mol. The lowest BCUT2D eigenvalue weighted by Crippen LogP contribution is -1.97. The third-order valence-corrected chi connectivity index (χ3v) is 0.999. The topological polar surface area (TPSA) is 41.2 Å². The van der Waals surface area contributed by atoms with E-state index in [1.165, 1.54) is 0 Å². The van der Waals surface area contributed by atoms with Crippen LogP contribution in [0.3, 0.4) is 0 Å². The van der Waals surface area contributed by atoms with Crippen LogP contribution in [0.2, 0.25) is 0 Å². The Kier molecular flexibility index (Phi) is 2.31. The van der Waals surface area contributed by atoms with Crippen LogP contribution in [-0.4, -0.2) is 6.47 Å². The van der Waals surface area contributed by atoms with Crippen LogP contribution in [0.5, 0.6) is 0 Å². The van der Waals surface area contributed by atoms with Crippen molar-refractivity contribution in [2.24, 2.45) is 0 Å². The summed E-state index contributed by atoms with van der Waals surface area (Å²) in [5, 5.41) is 0. The number of carbonyl (C=O) groups is 1. The number of hydrogen-bond donors (Lipinski definition) is 1. The van der Waals surface area contributed by atoms with E-state index < -0.39 is 0 Å². The lowest BCUT2D eigenvalue weighted by molar-refractivity contribution is -0.126. The van der Waals surface area contributed by atoms with Gasteiger partial charge in [0.15, 0.2) is 0 Å². The summed E-state index contributed by atoms with van der Waals surface area (Å²) < 4.78 is 0. The molecule has 10 heavy (non-hydrogen) atoms. The molecular formula is C7H7NO2+. The summed E-state index contributed by atoms with van der Waals surface area (Å²) in [5.74, 6) is 0. The van der Waals surface area contributed by atoms with Crippen molar-refractivity contribution in [1.29, 1.82) is 0 Å². The zero-order chi connectivity index (χ0) is 7.23. The van der Waals surface area contributed by atoms with Gasteiger partial charge >= 0.3 is 6.47 Å². The lowest BCUT2D eigenvalue weighted by Gasteiger charge is -1.91. The largest absolute Gasteiger partial charge is 0.593 e. The Morgan fingerprint density at radius 2 is 2.00 bits per heavy atom. The molecule has 0 aliphatic rings. The molecule has 1 aromatic rings. The molecule has 0 fully saturated rings. The van der Waals surface area contributed by atoms with Crippen molar-refractivity contribution >= 4 is 12.2 Å². The first-order chi connectivity index (χ1) is 4.93. The van der Waals surface area contributed by atoms with Crippen LogP contribution in [0, 0.1) is 0 Å². The summed E-state index contributed by atoms with van der Waals surface area (Å²) in [6.45, 7) is 0.340. The first kappa shape index (κ1) is 6.61. The van der Waals surface area contributed by atoms with E-state index in [1.807, 2.05) is 18.2 Å². The maximum Gasteiger partial charge on any atom is 0.593 e. The van der Waals surface area contributed by atoms with Crippen LogP contribution >= 0.6 is 0 Å². The molecule has 51 valence electrons. The van der Waals surface area contributed by atoms with E-state index in [0.29, 0.717) is 6.47 Å². The average molecular weight is 137 g/mol. The highest BCUT2D eigenvalue weighted by Gasteiger charge is 1.92. The van der Waals surface area contributed by atoms with Gasteiger partial charge in [0.2, 0.25) is 0 Å². The van der Waals surface area contributed by atoms with Crippen molar-refractivity contribution < 1.29 is 9.63 Å². The Morgan fingerprint density at radius 1 is 1.30 bits per heavy atom. The number of rotatable bonds is 3. The van der Waals surface area contributed by atoms with Crippen molar-refractivity contribution in [3.8, 4) is 0 Å². The Balaban J connectivity index is 2.50. The van der Waals surface area contributed by atoms with E-state index in [9.17, 15) is 4.79 Å². The summed E-state index contributed by atoms with van der Waals surface area (Å²) in [7, 11) is 0. The molecule has 0 aliphatic heterocycles. The molecule has 0 aliphatic carbocycles. The SMILES string of the molecule is [O+]=CONc1ccccc1. The number of para-hydroxylation sites is 1. The molecule has 1 rings (SSSR count). The first-order valence-electron chi connectivity index (χ1n) is 2.84. The first-order valence-corrected chi connectivity index (χ1v) is 2.84. The standard InChI is InChI=1S/C7H7NO2/c9-6-10-8-7-4-2-1-3-5-7/h1-6,8H/q+1. The van der Waals surface area contributed by atoms with E-state index in [4.69, 9.17) is 0 Å². The summed E-state index contributed by atoms with van der Waals surface area (Å²) in [4.78, 5) is 14.0. The molecule has 0 aromatic heterocycles. The van der Waals surface area contributed by atoms with Gasteiger partial charge < -0.3 is 0 Å². The molecule has 0 spiro atoms. The molecule has 1 N–H and O–H groups in total. The van der Waals surface area contributed by atoms with E-state index in [1.54, 1.807) is 12.1 Å². The smallest absolute Gasteiger partial charge is 0.167 e. The average Bonchev–Trinajstić information content (AvgIpc) is 2.03. The van der Waals surface area contributed by atoms with Crippen LogP contribution in [-0.2, 0) is 9.63 Å². The normalized spacial score (nSPS) is 8.40. The summed E-state index contributed by atoms with van der Waals surface area (Å²) >= 11 is 0. The van der Waals surface area contributed by atoms with Crippen molar-refractivity contribution in [3.63, 3.8) is 0 Å². The molecule has 0 heterocycles.